The molecular weight excluding hydrogens is 274 g/mol. The molecule has 1 heterocycles. The lowest BCUT2D eigenvalue weighted by Crippen LogP contribution is -2.40. The second kappa shape index (κ2) is 6.39. The average molecular weight is 293 g/mol. The van der Waals surface area contributed by atoms with E-state index in [0.29, 0.717) is 18.8 Å². The Morgan fingerprint density at radius 2 is 2.22 bits per heavy atom. The molecule has 1 rings (SSSR count). The monoisotopic (exact) mass is 293 g/mol. The minimum atomic E-state index is -3.11. The second-order valence-corrected chi connectivity index (χ2v) is 7.27. The smallest absolute Gasteiger partial charge is 0.211 e. The molecular formula is C9H19N5O2S2. The highest BCUT2D eigenvalue weighted by Gasteiger charge is 2.25. The number of guanidine groups is 1. The maximum Gasteiger partial charge on any atom is 0.211 e. The van der Waals surface area contributed by atoms with Gasteiger partial charge in [-0.3, -0.25) is 5.41 Å². The first-order valence-corrected chi connectivity index (χ1v) is 8.38. The molecule has 0 bridgehead atoms. The summed E-state index contributed by atoms with van der Waals surface area (Å²) in [6, 6.07) is 0. The minimum absolute atomic E-state index is 0.0616. The van der Waals surface area contributed by atoms with Gasteiger partial charge in [0.25, 0.3) is 0 Å². The minimum Gasteiger partial charge on any atom is -0.370 e. The molecule has 9 heteroatoms. The number of piperidine rings is 1. The lowest BCUT2D eigenvalue weighted by molar-refractivity contribution is 0.286. The third-order valence-electron chi connectivity index (χ3n) is 2.64. The summed E-state index contributed by atoms with van der Waals surface area (Å²) in [6.45, 7) is 1.10. The number of hydrogen-bond donors (Lipinski definition) is 3. The molecule has 0 spiro atoms. The van der Waals surface area contributed by atoms with Crippen molar-refractivity contribution in [3.05, 3.63) is 0 Å². The number of nitrogens with one attached hydrogen (secondary N) is 1. The van der Waals surface area contributed by atoms with Crippen molar-refractivity contribution in [3.63, 3.8) is 0 Å². The largest absolute Gasteiger partial charge is 0.370 e. The zero-order valence-corrected chi connectivity index (χ0v) is 11.9. The summed E-state index contributed by atoms with van der Waals surface area (Å²) in [4.78, 5) is 3.62. The first kappa shape index (κ1) is 15.3. The quantitative estimate of drug-likeness (QED) is 0.482. The third kappa shape index (κ3) is 5.23. The summed E-state index contributed by atoms with van der Waals surface area (Å²) in [6.07, 6.45) is 3.05. The number of nitrogens with two attached hydrogens (primary N) is 2. The van der Waals surface area contributed by atoms with Crippen LogP contribution in [0, 0.1) is 11.3 Å². The standard InChI is InChI=1S/C9H19N5O2S2/c1-18(15,16)14-4-2-3-7(5-14)6-17-9(12)13-8(10)11/h7H,2-6H2,1H3,(H5,10,11,12,13). The second-order valence-electron chi connectivity index (χ2n) is 4.28. The van der Waals surface area contributed by atoms with E-state index in [1.165, 1.54) is 22.3 Å². The summed E-state index contributed by atoms with van der Waals surface area (Å²) in [5, 5.41) is 7.56. The van der Waals surface area contributed by atoms with Crippen molar-refractivity contribution >= 4 is 32.9 Å². The Bertz CT molecular complexity index is 430. The van der Waals surface area contributed by atoms with E-state index in [0.717, 1.165) is 12.8 Å². The van der Waals surface area contributed by atoms with Crippen LogP contribution in [0.2, 0.25) is 0 Å². The predicted octanol–water partition coefficient (Wildman–Crippen LogP) is -0.401. The van der Waals surface area contributed by atoms with Crippen LogP contribution in [-0.2, 0) is 10.0 Å². The fraction of sp³-hybridized carbons (Fsp3) is 0.778. The molecule has 0 saturated carbocycles. The Morgan fingerprint density at radius 3 is 2.78 bits per heavy atom. The van der Waals surface area contributed by atoms with Gasteiger partial charge in [0.2, 0.25) is 10.0 Å². The first-order valence-electron chi connectivity index (χ1n) is 5.55. The van der Waals surface area contributed by atoms with Gasteiger partial charge in [0.05, 0.1) is 6.26 Å². The van der Waals surface area contributed by atoms with Gasteiger partial charge in [-0.05, 0) is 18.8 Å². The first-order chi connectivity index (χ1) is 8.29. The zero-order chi connectivity index (χ0) is 13.8. The Labute approximate surface area is 112 Å². The molecule has 104 valence electrons. The Kier molecular flexibility index (Phi) is 5.42. The molecule has 1 fully saturated rings. The van der Waals surface area contributed by atoms with Crippen molar-refractivity contribution in [3.8, 4) is 0 Å². The van der Waals surface area contributed by atoms with E-state index in [1.807, 2.05) is 0 Å². The van der Waals surface area contributed by atoms with E-state index in [4.69, 9.17) is 16.9 Å². The van der Waals surface area contributed by atoms with Crippen LogP contribution >= 0.6 is 11.8 Å². The number of aliphatic imine (C=N–C) groups is 1. The highest BCUT2D eigenvalue weighted by atomic mass is 32.2. The van der Waals surface area contributed by atoms with Crippen LogP contribution in [0.3, 0.4) is 0 Å². The summed E-state index contributed by atoms with van der Waals surface area (Å²) >= 11 is 1.24. The van der Waals surface area contributed by atoms with Gasteiger partial charge in [-0.25, -0.2) is 12.7 Å². The highest BCUT2D eigenvalue weighted by molar-refractivity contribution is 8.13. The number of amidine groups is 1. The molecule has 0 radical (unpaired) electrons. The molecule has 1 aliphatic heterocycles. The van der Waals surface area contributed by atoms with Gasteiger partial charge < -0.3 is 11.5 Å². The lowest BCUT2D eigenvalue weighted by atomic mass is 10.0. The van der Waals surface area contributed by atoms with Crippen molar-refractivity contribution < 1.29 is 8.42 Å². The molecule has 0 aromatic rings. The molecule has 1 saturated heterocycles. The van der Waals surface area contributed by atoms with Gasteiger partial charge in [0.15, 0.2) is 11.1 Å². The molecule has 1 atom stereocenters. The molecule has 1 unspecified atom stereocenters. The molecule has 7 nitrogen and oxygen atoms in total. The molecule has 0 aromatic heterocycles. The van der Waals surface area contributed by atoms with Gasteiger partial charge in [0, 0.05) is 18.8 Å². The maximum absolute atomic E-state index is 11.4. The maximum atomic E-state index is 11.4. The van der Waals surface area contributed by atoms with E-state index in [1.54, 1.807) is 0 Å². The van der Waals surface area contributed by atoms with Crippen LogP contribution in [0.4, 0.5) is 0 Å². The van der Waals surface area contributed by atoms with Crippen molar-refractivity contribution in [2.45, 2.75) is 12.8 Å². The van der Waals surface area contributed by atoms with E-state index in [-0.39, 0.29) is 17.0 Å². The average Bonchev–Trinajstić information content (AvgIpc) is 2.25. The molecule has 0 aliphatic carbocycles. The van der Waals surface area contributed by atoms with E-state index < -0.39 is 10.0 Å². The van der Waals surface area contributed by atoms with Crippen LogP contribution in [0.5, 0.6) is 0 Å². The summed E-state index contributed by atoms with van der Waals surface area (Å²) in [7, 11) is -3.11. The number of sulfonamides is 1. The van der Waals surface area contributed by atoms with E-state index in [9.17, 15) is 8.42 Å². The van der Waals surface area contributed by atoms with Crippen LogP contribution in [-0.4, -0.2) is 48.9 Å². The SMILES string of the molecule is CS(=O)(=O)N1CCCC(CSC(=N)N=C(N)N)C1. The zero-order valence-electron chi connectivity index (χ0n) is 10.3. The summed E-state index contributed by atoms with van der Waals surface area (Å²) in [5.74, 6) is 0.767. The van der Waals surface area contributed by atoms with Crippen LogP contribution < -0.4 is 11.5 Å². The highest BCUT2D eigenvalue weighted by Crippen LogP contribution is 2.22. The number of nitrogens with zero attached hydrogens (tertiary/aromatic N) is 2. The van der Waals surface area contributed by atoms with Gasteiger partial charge in [-0.1, -0.05) is 11.8 Å². The van der Waals surface area contributed by atoms with E-state index in [2.05, 4.69) is 4.99 Å². The fourth-order valence-electron chi connectivity index (χ4n) is 1.81. The number of hydrogen-bond acceptors (Lipinski definition) is 4. The van der Waals surface area contributed by atoms with Crippen molar-refractivity contribution in [2.24, 2.45) is 22.4 Å². The molecule has 0 amide bonds. The van der Waals surface area contributed by atoms with Crippen molar-refractivity contribution in [1.29, 1.82) is 5.41 Å². The molecule has 0 aromatic carbocycles. The third-order valence-corrected chi connectivity index (χ3v) is 4.91. The van der Waals surface area contributed by atoms with Gasteiger partial charge in [-0.15, -0.1) is 0 Å². The fourth-order valence-corrected chi connectivity index (χ4v) is 3.59. The van der Waals surface area contributed by atoms with Gasteiger partial charge >= 0.3 is 0 Å². The van der Waals surface area contributed by atoms with Gasteiger partial charge in [0.1, 0.15) is 0 Å². The Balaban J connectivity index is 2.44. The number of thioether (sulfide) groups is 1. The van der Waals surface area contributed by atoms with Crippen LogP contribution in [0.15, 0.2) is 4.99 Å². The molecule has 18 heavy (non-hydrogen) atoms. The predicted molar refractivity (Wildman–Crippen MR) is 75.1 cm³/mol. The topological polar surface area (TPSA) is 126 Å². The Hall–Kier alpha value is -0.800. The van der Waals surface area contributed by atoms with Crippen molar-refractivity contribution in [2.75, 3.05) is 25.1 Å². The normalized spacial score (nSPS) is 21.5. The summed E-state index contributed by atoms with van der Waals surface area (Å²) < 4.78 is 24.4. The van der Waals surface area contributed by atoms with Crippen LogP contribution in [0.25, 0.3) is 0 Å². The molecule has 5 N–H and O–H groups in total. The van der Waals surface area contributed by atoms with Gasteiger partial charge in [-0.2, -0.15) is 4.99 Å². The number of rotatable bonds is 3. The lowest BCUT2D eigenvalue weighted by Gasteiger charge is -2.30. The summed E-state index contributed by atoms with van der Waals surface area (Å²) in [5.41, 5.74) is 10.3. The molecule has 1 aliphatic rings. The Morgan fingerprint density at radius 1 is 1.56 bits per heavy atom. The van der Waals surface area contributed by atoms with Crippen molar-refractivity contribution in [1.82, 2.24) is 4.31 Å². The van der Waals surface area contributed by atoms with Crippen LogP contribution in [0.1, 0.15) is 12.8 Å². The van der Waals surface area contributed by atoms with E-state index >= 15 is 0 Å².